The van der Waals surface area contributed by atoms with E-state index in [2.05, 4.69) is 10.2 Å². The number of aromatic nitrogens is 2. The van der Waals surface area contributed by atoms with Crippen LogP contribution in [0.1, 0.15) is 24.6 Å². The van der Waals surface area contributed by atoms with E-state index in [-0.39, 0.29) is 11.9 Å². The van der Waals surface area contributed by atoms with Gasteiger partial charge in [0.1, 0.15) is 0 Å². The summed E-state index contributed by atoms with van der Waals surface area (Å²) in [7, 11) is 0. The van der Waals surface area contributed by atoms with Gasteiger partial charge in [-0.1, -0.05) is 24.3 Å². The van der Waals surface area contributed by atoms with Crippen molar-refractivity contribution in [2.45, 2.75) is 32.9 Å². The first-order valence-corrected chi connectivity index (χ1v) is 8.71. The van der Waals surface area contributed by atoms with Crippen molar-refractivity contribution in [3.63, 3.8) is 0 Å². The molecular weight excluding hydrogens is 322 g/mol. The molecule has 0 atom stereocenters. The maximum absolute atomic E-state index is 12.6. The lowest BCUT2D eigenvalue weighted by Gasteiger charge is -2.25. The highest BCUT2D eigenvalue weighted by atomic mass is 32.1. The Morgan fingerprint density at radius 3 is 2.62 bits per heavy atom. The number of benzene rings is 1. The average Bonchev–Trinajstić information content (AvgIpc) is 3.24. The highest BCUT2D eigenvalue weighted by molar-refractivity contribution is 7.10. The molecule has 0 aliphatic heterocycles. The minimum absolute atomic E-state index is 0.0598. The van der Waals surface area contributed by atoms with Crippen LogP contribution in [-0.4, -0.2) is 27.0 Å². The molecular formula is C18H19N3O2S. The standard InChI is InChI=1S/C18H19N3O2S/c1-13(2)21(17(22)11-15-9-6-10-24-15)12-16-19-20-18(23-16)14-7-4-3-5-8-14/h3-10,13H,11-12H2,1-2H3. The van der Waals surface area contributed by atoms with Crippen molar-refractivity contribution in [3.05, 3.63) is 58.6 Å². The number of hydrogen-bond acceptors (Lipinski definition) is 5. The van der Waals surface area contributed by atoms with Gasteiger partial charge in [0.2, 0.25) is 17.7 Å². The van der Waals surface area contributed by atoms with E-state index in [0.29, 0.717) is 24.7 Å². The number of nitrogens with zero attached hydrogens (tertiary/aromatic N) is 3. The molecule has 0 saturated heterocycles. The summed E-state index contributed by atoms with van der Waals surface area (Å²) in [6.07, 6.45) is 0.398. The molecule has 1 aromatic carbocycles. The van der Waals surface area contributed by atoms with E-state index in [4.69, 9.17) is 4.42 Å². The summed E-state index contributed by atoms with van der Waals surface area (Å²) in [5, 5.41) is 10.1. The summed E-state index contributed by atoms with van der Waals surface area (Å²) >= 11 is 1.59. The molecule has 0 saturated carbocycles. The molecule has 124 valence electrons. The van der Waals surface area contributed by atoms with E-state index >= 15 is 0 Å². The summed E-state index contributed by atoms with van der Waals surface area (Å²) in [5.41, 5.74) is 0.872. The number of rotatable bonds is 6. The molecule has 0 bridgehead atoms. The minimum atomic E-state index is 0.0598. The van der Waals surface area contributed by atoms with Crippen LogP contribution < -0.4 is 0 Å². The van der Waals surface area contributed by atoms with Gasteiger partial charge in [-0.15, -0.1) is 21.5 Å². The number of carbonyl (C=O) groups is 1. The Labute approximate surface area is 144 Å². The first-order valence-electron chi connectivity index (χ1n) is 7.83. The molecule has 3 rings (SSSR count). The number of carbonyl (C=O) groups excluding carboxylic acids is 1. The summed E-state index contributed by atoms with van der Waals surface area (Å²) in [5.74, 6) is 0.981. The van der Waals surface area contributed by atoms with E-state index in [9.17, 15) is 4.79 Å². The van der Waals surface area contributed by atoms with E-state index in [1.807, 2.05) is 61.7 Å². The monoisotopic (exact) mass is 341 g/mol. The van der Waals surface area contributed by atoms with Crippen molar-refractivity contribution in [2.75, 3.05) is 0 Å². The van der Waals surface area contributed by atoms with E-state index < -0.39 is 0 Å². The summed E-state index contributed by atoms with van der Waals surface area (Å²) in [6, 6.07) is 13.6. The third-order valence-electron chi connectivity index (χ3n) is 3.64. The molecule has 2 aromatic heterocycles. The fourth-order valence-corrected chi connectivity index (χ4v) is 3.08. The highest BCUT2D eigenvalue weighted by Crippen LogP contribution is 2.19. The van der Waals surface area contributed by atoms with Crippen LogP contribution in [0.25, 0.3) is 11.5 Å². The van der Waals surface area contributed by atoms with Gasteiger partial charge in [0, 0.05) is 16.5 Å². The van der Waals surface area contributed by atoms with Crippen LogP contribution in [0.5, 0.6) is 0 Å². The third-order valence-corrected chi connectivity index (χ3v) is 4.52. The van der Waals surface area contributed by atoms with Crippen LogP contribution in [0.15, 0.2) is 52.3 Å². The normalized spacial score (nSPS) is 11.0. The fraction of sp³-hybridized carbons (Fsp3) is 0.278. The van der Waals surface area contributed by atoms with Crippen molar-refractivity contribution in [1.29, 1.82) is 0 Å². The number of thiophene rings is 1. The lowest BCUT2D eigenvalue weighted by molar-refractivity contribution is -0.133. The van der Waals surface area contributed by atoms with Gasteiger partial charge in [-0.3, -0.25) is 4.79 Å². The van der Waals surface area contributed by atoms with Crippen molar-refractivity contribution >= 4 is 17.2 Å². The van der Waals surface area contributed by atoms with Gasteiger partial charge >= 0.3 is 0 Å². The van der Waals surface area contributed by atoms with Gasteiger partial charge in [-0.2, -0.15) is 0 Å². The van der Waals surface area contributed by atoms with Gasteiger partial charge < -0.3 is 9.32 Å². The molecule has 0 N–H and O–H groups in total. The molecule has 24 heavy (non-hydrogen) atoms. The number of hydrogen-bond donors (Lipinski definition) is 0. The molecule has 2 heterocycles. The molecule has 0 unspecified atom stereocenters. The second-order valence-corrected chi connectivity index (χ2v) is 6.77. The van der Waals surface area contributed by atoms with Gasteiger partial charge in [0.05, 0.1) is 13.0 Å². The van der Waals surface area contributed by atoms with Gasteiger partial charge in [0.15, 0.2) is 0 Å². The molecule has 5 nitrogen and oxygen atoms in total. The van der Waals surface area contributed by atoms with Crippen molar-refractivity contribution in [3.8, 4) is 11.5 Å². The predicted molar refractivity (Wildman–Crippen MR) is 93.4 cm³/mol. The Kier molecular flexibility index (Phi) is 5.05. The first kappa shape index (κ1) is 16.4. The zero-order valence-electron chi connectivity index (χ0n) is 13.7. The average molecular weight is 341 g/mol. The van der Waals surface area contributed by atoms with Crippen LogP contribution >= 0.6 is 11.3 Å². The van der Waals surface area contributed by atoms with E-state index in [0.717, 1.165) is 10.4 Å². The largest absolute Gasteiger partial charge is 0.419 e. The Morgan fingerprint density at radius 2 is 1.96 bits per heavy atom. The zero-order chi connectivity index (χ0) is 16.9. The van der Waals surface area contributed by atoms with E-state index in [1.54, 1.807) is 16.2 Å². The second-order valence-electron chi connectivity index (χ2n) is 5.74. The smallest absolute Gasteiger partial charge is 0.247 e. The Hall–Kier alpha value is -2.47. The Morgan fingerprint density at radius 1 is 1.17 bits per heavy atom. The summed E-state index contributed by atoms with van der Waals surface area (Å²) in [4.78, 5) is 15.4. The van der Waals surface area contributed by atoms with Gasteiger partial charge in [-0.05, 0) is 37.4 Å². The fourth-order valence-electron chi connectivity index (χ4n) is 2.38. The topological polar surface area (TPSA) is 59.2 Å². The van der Waals surface area contributed by atoms with Crippen molar-refractivity contribution in [1.82, 2.24) is 15.1 Å². The molecule has 1 amide bonds. The molecule has 3 aromatic rings. The molecule has 0 aliphatic carbocycles. The van der Waals surface area contributed by atoms with Crippen LogP contribution in [0, 0.1) is 0 Å². The quantitative estimate of drug-likeness (QED) is 0.685. The van der Waals surface area contributed by atoms with Crippen LogP contribution in [0.2, 0.25) is 0 Å². The lowest BCUT2D eigenvalue weighted by atomic mass is 10.2. The summed E-state index contributed by atoms with van der Waals surface area (Å²) < 4.78 is 5.72. The molecule has 0 spiro atoms. The van der Waals surface area contributed by atoms with Gasteiger partial charge in [-0.25, -0.2) is 0 Å². The summed E-state index contributed by atoms with van der Waals surface area (Å²) in [6.45, 7) is 4.29. The maximum atomic E-state index is 12.6. The van der Waals surface area contributed by atoms with Crippen molar-refractivity contribution in [2.24, 2.45) is 0 Å². The molecule has 0 radical (unpaired) electrons. The molecule has 0 aliphatic rings. The maximum Gasteiger partial charge on any atom is 0.247 e. The number of amides is 1. The Balaban J connectivity index is 1.72. The lowest BCUT2D eigenvalue weighted by Crippen LogP contribution is -2.37. The van der Waals surface area contributed by atoms with Crippen LogP contribution in [0.3, 0.4) is 0 Å². The highest BCUT2D eigenvalue weighted by Gasteiger charge is 2.21. The third kappa shape index (κ3) is 3.89. The second kappa shape index (κ2) is 7.40. The van der Waals surface area contributed by atoms with Crippen molar-refractivity contribution < 1.29 is 9.21 Å². The molecule has 0 fully saturated rings. The van der Waals surface area contributed by atoms with E-state index in [1.165, 1.54) is 0 Å². The first-order chi connectivity index (χ1) is 11.6. The minimum Gasteiger partial charge on any atom is -0.419 e. The van der Waals surface area contributed by atoms with Crippen LogP contribution in [-0.2, 0) is 17.8 Å². The van der Waals surface area contributed by atoms with Gasteiger partial charge in [0.25, 0.3) is 0 Å². The Bertz CT molecular complexity index is 782. The molecule has 6 heteroatoms. The predicted octanol–water partition coefficient (Wildman–Crippen LogP) is 3.78. The SMILES string of the molecule is CC(C)N(Cc1nnc(-c2ccccc2)o1)C(=O)Cc1cccs1. The zero-order valence-corrected chi connectivity index (χ0v) is 14.5. The van der Waals surface area contributed by atoms with Crippen LogP contribution in [0.4, 0.5) is 0 Å².